The normalized spacial score (nSPS) is 14.9. The number of hydrogen-bond donors (Lipinski definition) is 2. The molecule has 1 aromatic carbocycles. The third-order valence-electron chi connectivity index (χ3n) is 4.20. The zero-order valence-corrected chi connectivity index (χ0v) is 16.0. The average Bonchev–Trinajstić information content (AvgIpc) is 2.52. The van der Waals surface area contributed by atoms with Crippen LogP contribution in [0.3, 0.4) is 0 Å². The number of aliphatic hydroxyl groups excluding tert-OH is 1. The van der Waals surface area contributed by atoms with Crippen molar-refractivity contribution < 1.29 is 18.3 Å². The largest absolute Gasteiger partial charge is 0.383 e. The van der Waals surface area contributed by atoms with E-state index in [9.17, 15) is 18.3 Å². The van der Waals surface area contributed by atoms with Crippen molar-refractivity contribution in [1.29, 1.82) is 0 Å². The Morgan fingerprint density at radius 3 is 2.21 bits per heavy atom. The summed E-state index contributed by atoms with van der Waals surface area (Å²) in [6.45, 7) is 9.83. The van der Waals surface area contributed by atoms with E-state index in [4.69, 9.17) is 0 Å². The van der Waals surface area contributed by atoms with Gasteiger partial charge in [0.1, 0.15) is 6.10 Å². The van der Waals surface area contributed by atoms with Gasteiger partial charge in [-0.2, -0.15) is 0 Å². The Morgan fingerprint density at radius 2 is 1.75 bits per heavy atom. The maximum Gasteiger partial charge on any atom is 0.249 e. The Bertz CT molecular complexity index is 645. The Balaban J connectivity index is 2.66. The molecule has 0 aliphatic carbocycles. The van der Waals surface area contributed by atoms with Crippen LogP contribution in [0.15, 0.2) is 29.2 Å². The summed E-state index contributed by atoms with van der Waals surface area (Å²) in [6.07, 6.45) is -0.434. The lowest BCUT2D eigenvalue weighted by molar-refractivity contribution is -0.131. The molecular formula is C18H29NO4S. The fourth-order valence-electron chi connectivity index (χ4n) is 2.17. The number of sulfone groups is 1. The van der Waals surface area contributed by atoms with Gasteiger partial charge in [0.05, 0.1) is 10.6 Å². The summed E-state index contributed by atoms with van der Waals surface area (Å²) in [7, 11) is -3.47. The van der Waals surface area contributed by atoms with Crippen molar-refractivity contribution in [3.05, 3.63) is 29.8 Å². The first-order valence-electron chi connectivity index (χ1n) is 8.28. The van der Waals surface area contributed by atoms with Crippen LogP contribution in [-0.2, 0) is 20.0 Å². The highest BCUT2D eigenvalue weighted by atomic mass is 32.2. The van der Waals surface area contributed by atoms with Gasteiger partial charge in [-0.3, -0.25) is 4.79 Å². The molecule has 0 aliphatic heterocycles. The Kier molecular flexibility index (Phi) is 6.98. The van der Waals surface area contributed by atoms with E-state index in [2.05, 4.69) is 26.1 Å². The molecule has 0 aromatic heterocycles. The zero-order valence-electron chi connectivity index (χ0n) is 15.2. The highest BCUT2D eigenvalue weighted by Crippen LogP contribution is 2.23. The molecule has 1 aromatic rings. The van der Waals surface area contributed by atoms with Crippen LogP contribution < -0.4 is 5.32 Å². The van der Waals surface area contributed by atoms with E-state index in [1.807, 2.05) is 19.1 Å². The van der Waals surface area contributed by atoms with Gasteiger partial charge in [-0.05, 0) is 29.0 Å². The van der Waals surface area contributed by atoms with Crippen LogP contribution in [0.1, 0.15) is 46.6 Å². The summed E-state index contributed by atoms with van der Waals surface area (Å²) in [6, 6.07) is 6.84. The lowest BCUT2D eigenvalue weighted by Crippen LogP contribution is -2.40. The van der Waals surface area contributed by atoms with Crippen molar-refractivity contribution >= 4 is 15.7 Å². The molecule has 2 atom stereocenters. The summed E-state index contributed by atoms with van der Waals surface area (Å²) < 4.78 is 24.6. The molecule has 0 saturated heterocycles. The van der Waals surface area contributed by atoms with E-state index in [0.717, 1.165) is 5.56 Å². The van der Waals surface area contributed by atoms with Gasteiger partial charge in [0, 0.05) is 6.54 Å². The Hall–Kier alpha value is -1.40. The minimum Gasteiger partial charge on any atom is -0.383 e. The van der Waals surface area contributed by atoms with Crippen LogP contribution in [0.25, 0.3) is 0 Å². The average molecular weight is 356 g/mol. The maximum atomic E-state index is 12.3. The quantitative estimate of drug-likeness (QED) is 0.786. The van der Waals surface area contributed by atoms with Gasteiger partial charge in [0.15, 0.2) is 9.84 Å². The van der Waals surface area contributed by atoms with Crippen molar-refractivity contribution in [2.75, 3.05) is 12.3 Å². The summed E-state index contributed by atoms with van der Waals surface area (Å²) in [5.74, 6) is -0.880. The first-order valence-corrected chi connectivity index (χ1v) is 9.93. The standard InChI is InChI=1S/C18H29NO4S/c1-6-13(2)16(20)17(21)19-11-12-24(22,23)15-9-7-14(8-10-15)18(3,4)5/h7-10,13,16,20H,6,11-12H2,1-5H3,(H,19,21)/t13-,16-/m0/s1. The van der Waals surface area contributed by atoms with E-state index in [-0.39, 0.29) is 28.5 Å². The minimum absolute atomic E-state index is 0.0182. The molecule has 0 radical (unpaired) electrons. The lowest BCUT2D eigenvalue weighted by atomic mass is 9.87. The molecule has 5 nitrogen and oxygen atoms in total. The van der Waals surface area contributed by atoms with Crippen molar-refractivity contribution in [3.8, 4) is 0 Å². The molecule has 0 aliphatic rings. The van der Waals surface area contributed by atoms with Gasteiger partial charge in [-0.1, -0.05) is 53.2 Å². The molecule has 1 rings (SSSR count). The monoisotopic (exact) mass is 355 g/mol. The van der Waals surface area contributed by atoms with Crippen LogP contribution in [0.5, 0.6) is 0 Å². The highest BCUT2D eigenvalue weighted by molar-refractivity contribution is 7.91. The molecule has 0 bridgehead atoms. The fraction of sp³-hybridized carbons (Fsp3) is 0.611. The number of benzene rings is 1. The second kappa shape index (κ2) is 8.12. The first kappa shape index (κ1) is 20.6. The van der Waals surface area contributed by atoms with Crippen molar-refractivity contribution in [1.82, 2.24) is 5.32 Å². The van der Waals surface area contributed by atoms with Crippen LogP contribution >= 0.6 is 0 Å². The van der Waals surface area contributed by atoms with Crippen LogP contribution in [-0.4, -0.2) is 37.8 Å². The molecule has 6 heteroatoms. The van der Waals surface area contributed by atoms with Crippen LogP contribution in [0, 0.1) is 5.92 Å². The highest BCUT2D eigenvalue weighted by Gasteiger charge is 2.22. The predicted octanol–water partition coefficient (Wildman–Crippen LogP) is 2.28. The molecule has 0 fully saturated rings. The van der Waals surface area contributed by atoms with Crippen molar-refractivity contribution in [2.24, 2.45) is 5.92 Å². The molecule has 2 N–H and O–H groups in total. The van der Waals surface area contributed by atoms with E-state index >= 15 is 0 Å². The number of amides is 1. The number of nitrogens with one attached hydrogen (secondary N) is 1. The van der Waals surface area contributed by atoms with Gasteiger partial charge in [-0.15, -0.1) is 0 Å². The van der Waals surface area contributed by atoms with Crippen molar-refractivity contribution in [2.45, 2.75) is 57.5 Å². The molecular weight excluding hydrogens is 326 g/mol. The summed E-state index contributed by atoms with van der Waals surface area (Å²) >= 11 is 0. The van der Waals surface area contributed by atoms with Crippen LogP contribution in [0.4, 0.5) is 0 Å². The molecule has 24 heavy (non-hydrogen) atoms. The molecule has 136 valence electrons. The number of carbonyl (C=O) groups is 1. The lowest BCUT2D eigenvalue weighted by Gasteiger charge is -2.19. The van der Waals surface area contributed by atoms with Gasteiger partial charge < -0.3 is 10.4 Å². The second-order valence-electron chi connectivity index (χ2n) is 7.21. The minimum atomic E-state index is -3.47. The topological polar surface area (TPSA) is 83.5 Å². The second-order valence-corrected chi connectivity index (χ2v) is 9.32. The fourth-order valence-corrected chi connectivity index (χ4v) is 3.33. The van der Waals surface area contributed by atoms with Gasteiger partial charge in [0.2, 0.25) is 5.91 Å². The van der Waals surface area contributed by atoms with Gasteiger partial charge in [0.25, 0.3) is 0 Å². The van der Waals surface area contributed by atoms with Gasteiger partial charge in [-0.25, -0.2) is 8.42 Å². The van der Waals surface area contributed by atoms with E-state index in [1.54, 1.807) is 19.1 Å². The third kappa shape index (κ3) is 5.60. The predicted molar refractivity (Wildman–Crippen MR) is 95.7 cm³/mol. The number of carbonyl (C=O) groups excluding carboxylic acids is 1. The first-order chi connectivity index (χ1) is 11.0. The molecule has 0 heterocycles. The smallest absolute Gasteiger partial charge is 0.249 e. The number of hydrogen-bond acceptors (Lipinski definition) is 4. The van der Waals surface area contributed by atoms with E-state index < -0.39 is 21.8 Å². The van der Waals surface area contributed by atoms with E-state index in [1.165, 1.54) is 0 Å². The SMILES string of the molecule is CC[C@H](C)[C@H](O)C(=O)NCCS(=O)(=O)c1ccc(C(C)(C)C)cc1. The molecule has 0 spiro atoms. The van der Waals surface area contributed by atoms with Crippen LogP contribution in [0.2, 0.25) is 0 Å². The third-order valence-corrected chi connectivity index (χ3v) is 5.93. The number of rotatable bonds is 7. The summed E-state index contributed by atoms with van der Waals surface area (Å²) in [5.41, 5.74) is 1.02. The summed E-state index contributed by atoms with van der Waals surface area (Å²) in [5, 5.41) is 12.3. The molecule has 0 unspecified atom stereocenters. The Morgan fingerprint density at radius 1 is 1.21 bits per heavy atom. The Labute approximate surface area is 145 Å². The zero-order chi connectivity index (χ0) is 18.5. The molecule has 0 saturated carbocycles. The van der Waals surface area contributed by atoms with E-state index in [0.29, 0.717) is 6.42 Å². The van der Waals surface area contributed by atoms with Crippen molar-refractivity contribution in [3.63, 3.8) is 0 Å². The summed E-state index contributed by atoms with van der Waals surface area (Å²) in [4.78, 5) is 12.0. The number of aliphatic hydroxyl groups is 1. The maximum absolute atomic E-state index is 12.3. The molecule has 1 amide bonds. The van der Waals surface area contributed by atoms with Gasteiger partial charge >= 0.3 is 0 Å².